The van der Waals surface area contributed by atoms with Gasteiger partial charge in [0.05, 0.1) is 19.8 Å². The van der Waals surface area contributed by atoms with E-state index < -0.39 is 0 Å². The fraction of sp³-hybridized carbons (Fsp3) is 0.857. The molecule has 1 atom stereocenters. The molecule has 4 nitrogen and oxygen atoms in total. The molecule has 0 aromatic rings. The van der Waals surface area contributed by atoms with E-state index in [0.717, 1.165) is 19.4 Å². The minimum Gasteiger partial charge on any atom is -0.453 e. The van der Waals surface area contributed by atoms with Crippen molar-refractivity contribution in [2.45, 2.75) is 18.9 Å². The van der Waals surface area contributed by atoms with Crippen LogP contribution in [0, 0.1) is 0 Å². The summed E-state index contributed by atoms with van der Waals surface area (Å²) < 4.78 is 9.60. The highest BCUT2D eigenvalue weighted by Crippen LogP contribution is 2.05. The van der Waals surface area contributed by atoms with Gasteiger partial charge >= 0.3 is 6.09 Å². The zero-order valence-corrected chi connectivity index (χ0v) is 6.63. The predicted molar refractivity (Wildman–Crippen MR) is 39.4 cm³/mol. The average molecular weight is 159 g/mol. The summed E-state index contributed by atoms with van der Waals surface area (Å²) >= 11 is 0. The number of carbonyl (C=O) groups is 1. The van der Waals surface area contributed by atoms with Gasteiger partial charge < -0.3 is 14.8 Å². The Labute approximate surface area is 65.9 Å². The molecule has 0 aromatic carbocycles. The molecule has 1 aliphatic rings. The Morgan fingerprint density at radius 3 is 3.09 bits per heavy atom. The molecule has 1 rings (SSSR count). The first-order valence-corrected chi connectivity index (χ1v) is 3.75. The molecule has 0 aliphatic carbocycles. The van der Waals surface area contributed by atoms with Crippen molar-refractivity contribution in [3.63, 3.8) is 0 Å². The third kappa shape index (κ3) is 2.76. The lowest BCUT2D eigenvalue weighted by Gasteiger charge is -2.22. The second-order valence-corrected chi connectivity index (χ2v) is 2.55. The topological polar surface area (TPSA) is 47.6 Å². The maximum absolute atomic E-state index is 10.7. The number of hydrogen-bond donors (Lipinski definition) is 1. The standard InChI is InChI=1S/C7H13NO3/c1-10-7(9)8-6-3-2-4-11-5-6/h6H,2-5H2,1H3,(H,8,9). The number of ether oxygens (including phenoxy) is 2. The maximum Gasteiger partial charge on any atom is 0.407 e. The Morgan fingerprint density at radius 2 is 2.55 bits per heavy atom. The van der Waals surface area contributed by atoms with Gasteiger partial charge in [0.15, 0.2) is 0 Å². The highest BCUT2D eigenvalue weighted by molar-refractivity contribution is 5.67. The highest BCUT2D eigenvalue weighted by Gasteiger charge is 2.15. The minimum atomic E-state index is -0.375. The Balaban J connectivity index is 2.19. The molecule has 1 amide bonds. The van der Waals surface area contributed by atoms with Crippen molar-refractivity contribution >= 4 is 6.09 Å². The van der Waals surface area contributed by atoms with Crippen LogP contribution in [0.1, 0.15) is 12.8 Å². The van der Waals surface area contributed by atoms with Crippen LogP contribution < -0.4 is 5.32 Å². The molecular weight excluding hydrogens is 146 g/mol. The summed E-state index contributed by atoms with van der Waals surface area (Å²) in [6.45, 7) is 1.41. The van der Waals surface area contributed by atoms with Crippen molar-refractivity contribution in [1.29, 1.82) is 0 Å². The quantitative estimate of drug-likeness (QED) is 0.606. The van der Waals surface area contributed by atoms with Crippen molar-refractivity contribution < 1.29 is 14.3 Å². The van der Waals surface area contributed by atoms with Crippen molar-refractivity contribution in [2.75, 3.05) is 20.3 Å². The van der Waals surface area contributed by atoms with E-state index >= 15 is 0 Å². The molecule has 0 radical (unpaired) electrons. The van der Waals surface area contributed by atoms with Crippen LogP contribution in [0.3, 0.4) is 0 Å². The lowest BCUT2D eigenvalue weighted by molar-refractivity contribution is 0.0677. The lowest BCUT2D eigenvalue weighted by atomic mass is 10.1. The molecule has 0 saturated carbocycles. The number of amides is 1. The first-order chi connectivity index (χ1) is 5.33. The first-order valence-electron chi connectivity index (χ1n) is 3.75. The molecule has 0 aromatic heterocycles. The summed E-state index contributed by atoms with van der Waals surface area (Å²) in [7, 11) is 1.36. The van der Waals surface area contributed by atoms with Crippen LogP contribution in [-0.2, 0) is 9.47 Å². The zero-order chi connectivity index (χ0) is 8.10. The molecule has 1 N–H and O–H groups in total. The molecule has 1 unspecified atom stereocenters. The molecule has 0 spiro atoms. The van der Waals surface area contributed by atoms with Crippen LogP contribution in [0.5, 0.6) is 0 Å². The fourth-order valence-corrected chi connectivity index (χ4v) is 1.08. The first kappa shape index (κ1) is 8.33. The molecule has 1 fully saturated rings. The van der Waals surface area contributed by atoms with Gasteiger partial charge in [-0.1, -0.05) is 0 Å². The molecule has 11 heavy (non-hydrogen) atoms. The third-order valence-electron chi connectivity index (χ3n) is 1.67. The van der Waals surface area contributed by atoms with E-state index in [4.69, 9.17) is 4.74 Å². The molecule has 1 saturated heterocycles. The van der Waals surface area contributed by atoms with Crippen molar-refractivity contribution in [2.24, 2.45) is 0 Å². The SMILES string of the molecule is COC(=O)NC1CCCOC1. The van der Waals surface area contributed by atoms with Gasteiger partial charge in [0, 0.05) is 6.61 Å². The fourth-order valence-electron chi connectivity index (χ4n) is 1.08. The van der Waals surface area contributed by atoms with Crippen molar-refractivity contribution in [3.8, 4) is 0 Å². The monoisotopic (exact) mass is 159 g/mol. The largest absolute Gasteiger partial charge is 0.453 e. The van der Waals surface area contributed by atoms with E-state index in [0.29, 0.717) is 6.61 Å². The molecule has 1 heterocycles. The molecule has 1 aliphatic heterocycles. The van der Waals surface area contributed by atoms with E-state index in [-0.39, 0.29) is 12.1 Å². The molecule has 64 valence electrons. The normalized spacial score (nSPS) is 24.3. The average Bonchev–Trinajstić information content (AvgIpc) is 2.06. The van der Waals surface area contributed by atoms with E-state index in [1.165, 1.54) is 7.11 Å². The van der Waals surface area contributed by atoms with Gasteiger partial charge in [-0.3, -0.25) is 0 Å². The number of rotatable bonds is 1. The van der Waals surface area contributed by atoms with Crippen molar-refractivity contribution in [3.05, 3.63) is 0 Å². The Hall–Kier alpha value is -0.770. The van der Waals surface area contributed by atoms with Crippen LogP contribution in [0.4, 0.5) is 4.79 Å². The van der Waals surface area contributed by atoms with E-state index in [9.17, 15) is 4.79 Å². The molecule has 4 heteroatoms. The van der Waals surface area contributed by atoms with E-state index in [2.05, 4.69) is 10.1 Å². The van der Waals surface area contributed by atoms with Crippen LogP contribution in [0.2, 0.25) is 0 Å². The smallest absolute Gasteiger partial charge is 0.407 e. The number of nitrogens with one attached hydrogen (secondary N) is 1. The summed E-state index contributed by atoms with van der Waals surface area (Å²) in [5.41, 5.74) is 0. The summed E-state index contributed by atoms with van der Waals surface area (Å²) in [4.78, 5) is 10.7. The Bertz CT molecular complexity index is 132. The second kappa shape index (κ2) is 4.18. The van der Waals surface area contributed by atoms with Crippen LogP contribution in [0.15, 0.2) is 0 Å². The zero-order valence-electron chi connectivity index (χ0n) is 6.63. The predicted octanol–water partition coefficient (Wildman–Crippen LogP) is 0.521. The number of alkyl carbamates (subject to hydrolysis) is 1. The summed E-state index contributed by atoms with van der Waals surface area (Å²) in [6.07, 6.45) is 1.62. The van der Waals surface area contributed by atoms with Gasteiger partial charge in [0.2, 0.25) is 0 Å². The van der Waals surface area contributed by atoms with Crippen LogP contribution in [-0.4, -0.2) is 32.5 Å². The third-order valence-corrected chi connectivity index (χ3v) is 1.67. The van der Waals surface area contributed by atoms with E-state index in [1.807, 2.05) is 0 Å². The highest BCUT2D eigenvalue weighted by atomic mass is 16.5. The number of carbonyl (C=O) groups excluding carboxylic acids is 1. The number of hydrogen-bond acceptors (Lipinski definition) is 3. The maximum atomic E-state index is 10.7. The number of methoxy groups -OCH3 is 1. The summed E-state index contributed by atoms with van der Waals surface area (Å²) in [5.74, 6) is 0. The van der Waals surface area contributed by atoms with Crippen molar-refractivity contribution in [1.82, 2.24) is 5.32 Å². The summed E-state index contributed by atoms with van der Waals surface area (Å²) in [6, 6.07) is 0.135. The van der Waals surface area contributed by atoms with Gasteiger partial charge in [-0.2, -0.15) is 0 Å². The Kier molecular flexibility index (Phi) is 3.16. The lowest BCUT2D eigenvalue weighted by Crippen LogP contribution is -2.40. The Morgan fingerprint density at radius 1 is 1.73 bits per heavy atom. The van der Waals surface area contributed by atoms with Gasteiger partial charge in [0.25, 0.3) is 0 Å². The van der Waals surface area contributed by atoms with Gasteiger partial charge in [-0.05, 0) is 12.8 Å². The minimum absolute atomic E-state index is 0.135. The van der Waals surface area contributed by atoms with Gasteiger partial charge in [0.1, 0.15) is 0 Å². The van der Waals surface area contributed by atoms with Gasteiger partial charge in [-0.15, -0.1) is 0 Å². The summed E-state index contributed by atoms with van der Waals surface area (Å²) in [5, 5.41) is 2.68. The second-order valence-electron chi connectivity index (χ2n) is 2.55. The van der Waals surface area contributed by atoms with Gasteiger partial charge in [-0.25, -0.2) is 4.79 Å². The van der Waals surface area contributed by atoms with Crippen LogP contribution in [0.25, 0.3) is 0 Å². The van der Waals surface area contributed by atoms with Crippen LogP contribution >= 0.6 is 0 Å². The molecular formula is C7H13NO3. The molecule has 0 bridgehead atoms. The van der Waals surface area contributed by atoms with E-state index in [1.54, 1.807) is 0 Å².